The number of hydrogen-bond donors (Lipinski definition) is 0. The zero-order chi connectivity index (χ0) is 13.7. The van der Waals surface area contributed by atoms with Gasteiger partial charge in [0.25, 0.3) is 5.89 Å². The monoisotopic (exact) mass is 266 g/mol. The van der Waals surface area contributed by atoms with Crippen molar-refractivity contribution >= 4 is 5.97 Å². The molecule has 0 saturated carbocycles. The van der Waals surface area contributed by atoms with Crippen LogP contribution in [0.1, 0.15) is 19.8 Å². The second-order valence-corrected chi connectivity index (χ2v) is 3.78. The summed E-state index contributed by atoms with van der Waals surface area (Å²) in [5.41, 5.74) is 0. The Morgan fingerprint density at radius 2 is 2.37 bits per heavy atom. The second kappa shape index (κ2) is 6.03. The minimum Gasteiger partial charge on any atom is -0.466 e. The molecule has 19 heavy (non-hydrogen) atoms. The molecule has 0 aliphatic rings. The van der Waals surface area contributed by atoms with Crippen molar-refractivity contribution in [2.45, 2.75) is 26.3 Å². The van der Waals surface area contributed by atoms with Gasteiger partial charge in [0.2, 0.25) is 0 Å². The molecule has 0 aliphatic carbocycles. The highest BCUT2D eigenvalue weighted by Crippen LogP contribution is 2.15. The van der Waals surface area contributed by atoms with E-state index in [9.17, 15) is 9.59 Å². The zero-order valence-electron chi connectivity index (χ0n) is 10.5. The van der Waals surface area contributed by atoms with E-state index in [1.54, 1.807) is 19.1 Å². The van der Waals surface area contributed by atoms with Crippen molar-refractivity contribution in [1.82, 2.24) is 9.78 Å². The molecule has 0 atom stereocenters. The Morgan fingerprint density at radius 1 is 1.53 bits per heavy atom. The fourth-order valence-electron chi connectivity index (χ4n) is 1.55. The summed E-state index contributed by atoms with van der Waals surface area (Å²) in [6.07, 6.45) is 2.17. The van der Waals surface area contributed by atoms with Crippen molar-refractivity contribution in [3.05, 3.63) is 28.9 Å². The quantitative estimate of drug-likeness (QED) is 0.735. The molecule has 0 saturated heterocycles. The van der Waals surface area contributed by atoms with Crippen LogP contribution >= 0.6 is 0 Å². The average Bonchev–Trinajstić information content (AvgIpc) is 3.00. The Balaban J connectivity index is 1.95. The first-order chi connectivity index (χ1) is 9.20. The molecule has 7 nitrogen and oxygen atoms in total. The summed E-state index contributed by atoms with van der Waals surface area (Å²) in [6, 6.07) is 3.32. The van der Waals surface area contributed by atoms with E-state index < -0.39 is 5.76 Å². The van der Waals surface area contributed by atoms with Crippen LogP contribution < -0.4 is 5.76 Å². The number of aryl methyl sites for hydroxylation is 1. The Morgan fingerprint density at radius 3 is 3.05 bits per heavy atom. The van der Waals surface area contributed by atoms with Gasteiger partial charge < -0.3 is 13.6 Å². The van der Waals surface area contributed by atoms with E-state index in [0.717, 1.165) is 4.68 Å². The van der Waals surface area contributed by atoms with Gasteiger partial charge in [-0.2, -0.15) is 4.68 Å². The lowest BCUT2D eigenvalue weighted by molar-refractivity contribution is -0.143. The summed E-state index contributed by atoms with van der Waals surface area (Å²) in [5, 5.41) is 3.99. The van der Waals surface area contributed by atoms with Crippen LogP contribution in [0.15, 0.2) is 32.0 Å². The number of carbonyl (C=O) groups is 1. The smallest absolute Gasteiger partial charge is 0.437 e. The highest BCUT2D eigenvalue weighted by molar-refractivity contribution is 5.69. The molecule has 0 N–H and O–H groups in total. The first-order valence-electron chi connectivity index (χ1n) is 5.98. The molecular formula is C12H14N2O5. The molecule has 0 aromatic carbocycles. The van der Waals surface area contributed by atoms with Gasteiger partial charge in [0.05, 0.1) is 12.9 Å². The van der Waals surface area contributed by atoms with Gasteiger partial charge in [0.1, 0.15) is 0 Å². The van der Waals surface area contributed by atoms with Crippen LogP contribution in [0.3, 0.4) is 0 Å². The molecule has 0 radical (unpaired) electrons. The Kier molecular flexibility index (Phi) is 4.17. The number of rotatable bonds is 6. The molecule has 7 heteroatoms. The second-order valence-electron chi connectivity index (χ2n) is 3.78. The molecule has 0 fully saturated rings. The summed E-state index contributed by atoms with van der Waals surface area (Å²) in [5.74, 6) is -0.340. The van der Waals surface area contributed by atoms with Crippen molar-refractivity contribution in [1.29, 1.82) is 0 Å². The molecule has 2 heterocycles. The number of furan rings is 1. The average molecular weight is 266 g/mol. The molecule has 2 aromatic heterocycles. The van der Waals surface area contributed by atoms with Crippen molar-refractivity contribution in [2.75, 3.05) is 6.61 Å². The first-order valence-corrected chi connectivity index (χ1v) is 5.98. The van der Waals surface area contributed by atoms with E-state index in [1.165, 1.54) is 6.26 Å². The summed E-state index contributed by atoms with van der Waals surface area (Å²) in [6.45, 7) is 2.39. The molecular weight excluding hydrogens is 252 g/mol. The van der Waals surface area contributed by atoms with Crippen molar-refractivity contribution in [3.63, 3.8) is 0 Å². The van der Waals surface area contributed by atoms with Crippen LogP contribution in [0.4, 0.5) is 0 Å². The van der Waals surface area contributed by atoms with Gasteiger partial charge in [-0.3, -0.25) is 4.79 Å². The maximum absolute atomic E-state index is 11.5. The third-order valence-electron chi connectivity index (χ3n) is 2.39. The molecule has 0 amide bonds. The van der Waals surface area contributed by atoms with E-state index >= 15 is 0 Å². The number of aromatic nitrogens is 2. The lowest BCUT2D eigenvalue weighted by atomic mass is 10.3. The molecule has 0 aliphatic heterocycles. The van der Waals surface area contributed by atoms with Crippen molar-refractivity contribution in [2.24, 2.45) is 0 Å². The highest BCUT2D eigenvalue weighted by atomic mass is 16.5. The van der Waals surface area contributed by atoms with Crippen molar-refractivity contribution in [3.8, 4) is 11.7 Å². The van der Waals surface area contributed by atoms with Crippen LogP contribution in [-0.4, -0.2) is 22.4 Å². The third kappa shape index (κ3) is 3.34. The third-order valence-corrected chi connectivity index (χ3v) is 2.39. The zero-order valence-corrected chi connectivity index (χ0v) is 10.5. The summed E-state index contributed by atoms with van der Waals surface area (Å²) in [7, 11) is 0. The normalized spacial score (nSPS) is 10.6. The molecule has 102 valence electrons. The van der Waals surface area contributed by atoms with E-state index in [1.807, 2.05) is 0 Å². The summed E-state index contributed by atoms with van der Waals surface area (Å²) < 4.78 is 16.0. The van der Waals surface area contributed by atoms with Gasteiger partial charge in [-0.05, 0) is 25.5 Å². The standard InChI is InChI=1S/C12H14N2O5/c1-2-17-10(15)6-3-7-14-12(16)19-11(13-14)9-5-4-8-18-9/h4-5,8H,2-3,6-7H2,1H3. The first kappa shape index (κ1) is 13.1. The molecule has 0 spiro atoms. The van der Waals surface area contributed by atoms with Gasteiger partial charge in [0, 0.05) is 13.0 Å². The fourth-order valence-corrected chi connectivity index (χ4v) is 1.55. The van der Waals surface area contributed by atoms with E-state index in [-0.39, 0.29) is 18.3 Å². The van der Waals surface area contributed by atoms with Gasteiger partial charge >= 0.3 is 11.7 Å². The maximum atomic E-state index is 11.5. The molecule has 2 rings (SSSR count). The van der Waals surface area contributed by atoms with Crippen molar-refractivity contribution < 1.29 is 18.4 Å². The van der Waals surface area contributed by atoms with Gasteiger partial charge in [-0.25, -0.2) is 4.79 Å². The van der Waals surface area contributed by atoms with Crippen LogP contribution in [-0.2, 0) is 16.1 Å². The minimum atomic E-state index is -0.574. The Hall–Kier alpha value is -2.31. The number of nitrogens with zero attached hydrogens (tertiary/aromatic N) is 2. The van der Waals surface area contributed by atoms with Crippen LogP contribution in [0.2, 0.25) is 0 Å². The van der Waals surface area contributed by atoms with Gasteiger partial charge in [-0.15, -0.1) is 5.10 Å². The Bertz CT molecular complexity index is 582. The number of hydrogen-bond acceptors (Lipinski definition) is 6. The SMILES string of the molecule is CCOC(=O)CCCn1nc(-c2ccco2)oc1=O. The van der Waals surface area contributed by atoms with E-state index in [0.29, 0.717) is 25.3 Å². The predicted octanol–water partition coefficient (Wildman–Crippen LogP) is 1.44. The highest BCUT2D eigenvalue weighted by Gasteiger charge is 2.12. The number of ether oxygens (including phenoxy) is 1. The van der Waals surface area contributed by atoms with Gasteiger partial charge in [0.15, 0.2) is 5.76 Å². The predicted molar refractivity (Wildman–Crippen MR) is 64.3 cm³/mol. The molecule has 2 aromatic rings. The van der Waals surface area contributed by atoms with E-state index in [4.69, 9.17) is 13.6 Å². The van der Waals surface area contributed by atoms with Crippen LogP contribution in [0.5, 0.6) is 0 Å². The Labute approximate surface area is 108 Å². The fraction of sp³-hybridized carbons (Fsp3) is 0.417. The van der Waals surface area contributed by atoms with Crippen LogP contribution in [0, 0.1) is 0 Å². The summed E-state index contributed by atoms with van der Waals surface area (Å²) in [4.78, 5) is 22.7. The largest absolute Gasteiger partial charge is 0.466 e. The number of carbonyl (C=O) groups excluding carboxylic acids is 1. The molecule has 0 unspecified atom stereocenters. The van der Waals surface area contributed by atoms with Crippen LogP contribution in [0.25, 0.3) is 11.7 Å². The lowest BCUT2D eigenvalue weighted by Gasteiger charge is -2.00. The van der Waals surface area contributed by atoms with E-state index in [2.05, 4.69) is 5.10 Å². The summed E-state index contributed by atoms with van der Waals surface area (Å²) >= 11 is 0. The maximum Gasteiger partial charge on any atom is 0.437 e. The number of esters is 1. The molecule has 0 bridgehead atoms. The minimum absolute atomic E-state index is 0.131. The topological polar surface area (TPSA) is 87.5 Å². The lowest BCUT2D eigenvalue weighted by Crippen LogP contribution is -2.17. The van der Waals surface area contributed by atoms with Gasteiger partial charge in [-0.1, -0.05) is 0 Å².